The molecule has 0 aliphatic heterocycles. The number of benzene rings is 1. The number of aliphatic imine (C=N–C) groups is 1. The number of guanidine groups is 1. The van der Waals surface area contributed by atoms with Crippen molar-refractivity contribution in [3.63, 3.8) is 0 Å². The lowest BCUT2D eigenvalue weighted by Gasteiger charge is -2.11. The predicted molar refractivity (Wildman–Crippen MR) is 103 cm³/mol. The van der Waals surface area contributed by atoms with E-state index in [0.29, 0.717) is 13.2 Å². The SMILES string of the molecule is CN=C(NCCCOCCOC)NCCc1c[nH]c2c(C)cccc12. The van der Waals surface area contributed by atoms with Gasteiger partial charge in [-0.25, -0.2) is 0 Å². The van der Waals surface area contributed by atoms with Gasteiger partial charge in [-0.15, -0.1) is 0 Å². The fourth-order valence-corrected chi connectivity index (χ4v) is 2.73. The fraction of sp³-hybridized carbons (Fsp3) is 0.526. The van der Waals surface area contributed by atoms with Gasteiger partial charge >= 0.3 is 0 Å². The second-order valence-corrected chi connectivity index (χ2v) is 5.95. The van der Waals surface area contributed by atoms with Gasteiger partial charge in [-0.2, -0.15) is 0 Å². The molecule has 1 aromatic heterocycles. The van der Waals surface area contributed by atoms with Gasteiger partial charge in [0.25, 0.3) is 0 Å². The predicted octanol–water partition coefficient (Wildman–Crippen LogP) is 2.24. The van der Waals surface area contributed by atoms with Crippen molar-refractivity contribution in [1.29, 1.82) is 0 Å². The van der Waals surface area contributed by atoms with Crippen LogP contribution in [0.25, 0.3) is 10.9 Å². The topological polar surface area (TPSA) is 70.7 Å². The van der Waals surface area contributed by atoms with Gasteiger partial charge in [0, 0.05) is 51.0 Å². The van der Waals surface area contributed by atoms with Crippen molar-refractivity contribution >= 4 is 16.9 Å². The lowest BCUT2D eigenvalue weighted by atomic mass is 10.1. The van der Waals surface area contributed by atoms with Gasteiger partial charge in [0.05, 0.1) is 13.2 Å². The minimum atomic E-state index is 0.643. The molecule has 0 bridgehead atoms. The summed E-state index contributed by atoms with van der Waals surface area (Å²) in [4.78, 5) is 7.63. The van der Waals surface area contributed by atoms with E-state index in [9.17, 15) is 0 Å². The summed E-state index contributed by atoms with van der Waals surface area (Å²) in [5.41, 5.74) is 3.84. The van der Waals surface area contributed by atoms with Crippen LogP contribution in [0.4, 0.5) is 0 Å². The number of rotatable bonds is 10. The maximum Gasteiger partial charge on any atom is 0.190 e. The first kappa shape index (κ1) is 19.3. The molecule has 0 atom stereocenters. The van der Waals surface area contributed by atoms with Gasteiger partial charge in [-0.1, -0.05) is 18.2 Å². The Balaban J connectivity index is 1.68. The molecule has 0 unspecified atom stereocenters. The largest absolute Gasteiger partial charge is 0.382 e. The highest BCUT2D eigenvalue weighted by Gasteiger charge is 2.05. The number of aromatic amines is 1. The van der Waals surface area contributed by atoms with Crippen LogP contribution in [0.15, 0.2) is 29.4 Å². The maximum atomic E-state index is 5.44. The van der Waals surface area contributed by atoms with Crippen LogP contribution in [-0.2, 0) is 15.9 Å². The Labute approximate surface area is 150 Å². The van der Waals surface area contributed by atoms with E-state index in [1.54, 1.807) is 14.2 Å². The van der Waals surface area contributed by atoms with Crippen LogP contribution in [0.1, 0.15) is 17.5 Å². The van der Waals surface area contributed by atoms with Crippen molar-refractivity contribution < 1.29 is 9.47 Å². The molecule has 0 aliphatic rings. The Hall–Kier alpha value is -2.05. The number of nitrogens with zero attached hydrogens (tertiary/aromatic N) is 1. The van der Waals surface area contributed by atoms with Crippen molar-refractivity contribution in [2.45, 2.75) is 19.8 Å². The van der Waals surface area contributed by atoms with E-state index in [-0.39, 0.29) is 0 Å². The van der Waals surface area contributed by atoms with Gasteiger partial charge in [-0.3, -0.25) is 4.99 Å². The molecule has 138 valence electrons. The third-order valence-corrected chi connectivity index (χ3v) is 4.11. The van der Waals surface area contributed by atoms with Crippen LogP contribution < -0.4 is 10.6 Å². The molecule has 0 radical (unpaired) electrons. The van der Waals surface area contributed by atoms with Crippen LogP contribution in [0, 0.1) is 6.92 Å². The van der Waals surface area contributed by atoms with Crippen LogP contribution >= 0.6 is 0 Å². The number of fused-ring (bicyclic) bond motifs is 1. The monoisotopic (exact) mass is 346 g/mol. The molecular weight excluding hydrogens is 316 g/mol. The van der Waals surface area contributed by atoms with E-state index in [0.717, 1.165) is 38.5 Å². The summed E-state index contributed by atoms with van der Waals surface area (Å²) in [6.07, 6.45) is 3.99. The number of hydrogen-bond acceptors (Lipinski definition) is 3. The number of H-pyrrole nitrogens is 1. The zero-order chi connectivity index (χ0) is 17.9. The Morgan fingerprint density at radius 3 is 2.80 bits per heavy atom. The van der Waals surface area contributed by atoms with Crippen LogP contribution in [0.3, 0.4) is 0 Å². The van der Waals surface area contributed by atoms with Gasteiger partial charge in [-0.05, 0) is 30.9 Å². The molecule has 0 spiro atoms. The number of ether oxygens (including phenoxy) is 2. The van der Waals surface area contributed by atoms with E-state index >= 15 is 0 Å². The van der Waals surface area contributed by atoms with Crippen molar-refractivity contribution in [1.82, 2.24) is 15.6 Å². The fourth-order valence-electron chi connectivity index (χ4n) is 2.73. The summed E-state index contributed by atoms with van der Waals surface area (Å²) < 4.78 is 10.4. The molecule has 2 aromatic rings. The minimum absolute atomic E-state index is 0.643. The molecule has 0 saturated heterocycles. The first-order valence-electron chi connectivity index (χ1n) is 8.83. The molecule has 0 aliphatic carbocycles. The highest BCUT2D eigenvalue weighted by Crippen LogP contribution is 2.21. The lowest BCUT2D eigenvalue weighted by Crippen LogP contribution is -2.39. The molecule has 25 heavy (non-hydrogen) atoms. The summed E-state index contributed by atoms with van der Waals surface area (Å²) in [6.45, 7) is 5.81. The molecule has 0 fully saturated rings. The van der Waals surface area contributed by atoms with Crippen molar-refractivity contribution in [3.05, 3.63) is 35.5 Å². The Morgan fingerprint density at radius 2 is 2.00 bits per heavy atom. The van der Waals surface area contributed by atoms with Crippen LogP contribution in [0.2, 0.25) is 0 Å². The smallest absolute Gasteiger partial charge is 0.190 e. The summed E-state index contributed by atoms with van der Waals surface area (Å²) >= 11 is 0. The van der Waals surface area contributed by atoms with E-state index in [1.165, 1.54) is 22.0 Å². The quantitative estimate of drug-likeness (QED) is 0.350. The average Bonchev–Trinajstić information content (AvgIpc) is 3.04. The summed E-state index contributed by atoms with van der Waals surface area (Å²) in [5, 5.41) is 7.97. The number of hydrogen-bond donors (Lipinski definition) is 3. The second-order valence-electron chi connectivity index (χ2n) is 5.95. The Bertz CT molecular complexity index is 666. The van der Waals surface area contributed by atoms with E-state index in [2.05, 4.69) is 51.9 Å². The average molecular weight is 346 g/mol. The number of nitrogens with one attached hydrogen (secondary N) is 3. The highest BCUT2D eigenvalue weighted by atomic mass is 16.5. The molecule has 0 saturated carbocycles. The number of aromatic nitrogens is 1. The van der Waals surface area contributed by atoms with Gasteiger partial charge in [0.15, 0.2) is 5.96 Å². The minimum Gasteiger partial charge on any atom is -0.382 e. The number of methoxy groups -OCH3 is 1. The van der Waals surface area contributed by atoms with E-state index in [4.69, 9.17) is 9.47 Å². The highest BCUT2D eigenvalue weighted by molar-refractivity contribution is 5.86. The summed E-state index contributed by atoms with van der Waals surface area (Å²) in [7, 11) is 3.47. The van der Waals surface area contributed by atoms with Gasteiger partial charge in [0.1, 0.15) is 0 Å². The summed E-state index contributed by atoms with van der Waals surface area (Å²) in [5.74, 6) is 0.827. The first-order chi connectivity index (χ1) is 12.3. The number of para-hydroxylation sites is 1. The van der Waals surface area contributed by atoms with Crippen molar-refractivity contribution in [2.75, 3.05) is 47.1 Å². The van der Waals surface area contributed by atoms with Gasteiger partial charge < -0.3 is 25.1 Å². The van der Waals surface area contributed by atoms with Crippen LogP contribution in [-0.4, -0.2) is 58.0 Å². The molecule has 6 heteroatoms. The summed E-state index contributed by atoms with van der Waals surface area (Å²) in [6, 6.07) is 6.41. The third-order valence-electron chi connectivity index (χ3n) is 4.11. The standard InChI is InChI=1S/C19H30N4O2/c1-15-6-4-7-17-16(14-23-18(15)17)8-10-22-19(20-2)21-9-5-11-25-13-12-24-3/h4,6-7,14,23H,5,8-13H2,1-3H3,(H2,20,21,22). The third kappa shape index (κ3) is 6.07. The molecule has 0 amide bonds. The zero-order valence-electron chi connectivity index (χ0n) is 15.5. The zero-order valence-corrected chi connectivity index (χ0v) is 15.5. The number of aryl methyl sites for hydroxylation is 1. The lowest BCUT2D eigenvalue weighted by molar-refractivity contribution is 0.0698. The Morgan fingerprint density at radius 1 is 1.16 bits per heavy atom. The van der Waals surface area contributed by atoms with Crippen molar-refractivity contribution in [3.8, 4) is 0 Å². The second kappa shape index (κ2) is 10.7. The molecular formula is C19H30N4O2. The van der Waals surface area contributed by atoms with Crippen molar-refractivity contribution in [2.24, 2.45) is 4.99 Å². The van der Waals surface area contributed by atoms with Crippen LogP contribution in [0.5, 0.6) is 0 Å². The molecule has 6 nitrogen and oxygen atoms in total. The molecule has 1 aromatic carbocycles. The molecule has 2 rings (SSSR count). The first-order valence-corrected chi connectivity index (χ1v) is 8.83. The molecule has 3 N–H and O–H groups in total. The molecule has 1 heterocycles. The van der Waals surface area contributed by atoms with Gasteiger partial charge in [0.2, 0.25) is 0 Å². The van der Waals surface area contributed by atoms with E-state index in [1.807, 2.05) is 0 Å². The normalized spacial score (nSPS) is 11.9. The van der Waals surface area contributed by atoms with E-state index < -0.39 is 0 Å². The maximum absolute atomic E-state index is 5.44. The Kier molecular flexibility index (Phi) is 8.28.